The third-order valence-corrected chi connectivity index (χ3v) is 4.77. The lowest BCUT2D eigenvalue weighted by Gasteiger charge is -2.27. The van der Waals surface area contributed by atoms with Gasteiger partial charge in [0.25, 0.3) is 5.91 Å². The summed E-state index contributed by atoms with van der Waals surface area (Å²) in [7, 11) is 0. The molecule has 3 rings (SSSR count). The van der Waals surface area contributed by atoms with E-state index in [1.165, 1.54) is 6.21 Å². The lowest BCUT2D eigenvalue weighted by Crippen LogP contribution is -2.43. The number of carbonyl (C=O) groups is 1. The van der Waals surface area contributed by atoms with Gasteiger partial charge in [0.05, 0.1) is 16.3 Å². The zero-order chi connectivity index (χ0) is 19.3. The van der Waals surface area contributed by atoms with Crippen molar-refractivity contribution >= 4 is 35.3 Å². The van der Waals surface area contributed by atoms with E-state index in [4.69, 9.17) is 23.2 Å². The molecular formula is C21H16Cl2N2O2. The Kier molecular flexibility index (Phi) is 5.91. The SMILES string of the molecule is O=C(N/N=C\c1ccc(Cl)c(Cl)c1)C(O)(c1ccccc1)c1ccccc1. The van der Waals surface area contributed by atoms with E-state index < -0.39 is 11.5 Å². The number of carbonyl (C=O) groups excluding carboxylic acids is 1. The predicted octanol–water partition coefficient (Wildman–Crippen LogP) is 4.38. The standard InChI is InChI=1S/C21H16Cl2N2O2/c22-18-12-11-15(13-19(18)23)14-24-25-20(26)21(27,16-7-3-1-4-8-16)17-9-5-2-6-10-17/h1-14,27H,(H,25,26)/b24-14-. The molecule has 1 amide bonds. The van der Waals surface area contributed by atoms with E-state index in [9.17, 15) is 9.90 Å². The van der Waals surface area contributed by atoms with Crippen molar-refractivity contribution in [3.05, 3.63) is 106 Å². The highest BCUT2D eigenvalue weighted by Gasteiger charge is 2.39. The number of nitrogens with one attached hydrogen (secondary N) is 1. The molecule has 27 heavy (non-hydrogen) atoms. The molecule has 3 aromatic carbocycles. The third kappa shape index (κ3) is 4.19. The van der Waals surface area contributed by atoms with Gasteiger partial charge >= 0.3 is 0 Å². The lowest BCUT2D eigenvalue weighted by atomic mass is 9.85. The molecule has 0 bridgehead atoms. The van der Waals surface area contributed by atoms with E-state index in [2.05, 4.69) is 10.5 Å². The van der Waals surface area contributed by atoms with Gasteiger partial charge in [0.2, 0.25) is 0 Å². The summed E-state index contributed by atoms with van der Waals surface area (Å²) in [4.78, 5) is 12.9. The number of hydrogen-bond acceptors (Lipinski definition) is 3. The normalized spacial score (nSPS) is 11.5. The molecule has 6 heteroatoms. The summed E-state index contributed by atoms with van der Waals surface area (Å²) in [6, 6.07) is 22.4. The van der Waals surface area contributed by atoms with Crippen LogP contribution in [0.3, 0.4) is 0 Å². The van der Waals surface area contributed by atoms with Crippen molar-refractivity contribution in [2.45, 2.75) is 5.60 Å². The molecule has 136 valence electrons. The van der Waals surface area contributed by atoms with E-state index in [0.29, 0.717) is 26.7 Å². The van der Waals surface area contributed by atoms with Crippen LogP contribution in [-0.4, -0.2) is 17.2 Å². The average Bonchev–Trinajstić information content (AvgIpc) is 2.71. The molecule has 4 nitrogen and oxygen atoms in total. The van der Waals surface area contributed by atoms with Crippen LogP contribution in [0.2, 0.25) is 10.0 Å². The van der Waals surface area contributed by atoms with E-state index in [1.54, 1.807) is 66.7 Å². The van der Waals surface area contributed by atoms with Gasteiger partial charge in [-0.15, -0.1) is 0 Å². The van der Waals surface area contributed by atoms with Crippen LogP contribution in [0.15, 0.2) is 84.0 Å². The molecule has 2 N–H and O–H groups in total. The molecule has 0 aliphatic heterocycles. The molecule has 0 saturated carbocycles. The molecule has 0 saturated heterocycles. The fourth-order valence-corrected chi connectivity index (χ4v) is 2.93. The van der Waals surface area contributed by atoms with E-state index in [1.807, 2.05) is 12.1 Å². The molecular weight excluding hydrogens is 383 g/mol. The van der Waals surface area contributed by atoms with Crippen LogP contribution in [0.5, 0.6) is 0 Å². The summed E-state index contributed by atoms with van der Waals surface area (Å²) < 4.78 is 0. The molecule has 3 aromatic rings. The van der Waals surface area contributed by atoms with Gasteiger partial charge in [0, 0.05) is 0 Å². The van der Waals surface area contributed by atoms with Gasteiger partial charge in [-0.2, -0.15) is 5.10 Å². The summed E-state index contributed by atoms with van der Waals surface area (Å²) in [5.41, 5.74) is 2.08. The van der Waals surface area contributed by atoms with Gasteiger partial charge in [-0.1, -0.05) is 89.9 Å². The molecule has 0 unspecified atom stereocenters. The number of amides is 1. The number of aliphatic hydroxyl groups is 1. The number of benzene rings is 3. The Bertz CT molecular complexity index is 921. The maximum absolute atomic E-state index is 12.9. The van der Waals surface area contributed by atoms with E-state index in [-0.39, 0.29) is 0 Å². The Morgan fingerprint density at radius 1 is 0.889 bits per heavy atom. The highest BCUT2D eigenvalue weighted by atomic mass is 35.5. The molecule has 0 spiro atoms. The van der Waals surface area contributed by atoms with Crippen molar-refractivity contribution in [1.82, 2.24) is 5.43 Å². The van der Waals surface area contributed by atoms with Crippen molar-refractivity contribution in [3.63, 3.8) is 0 Å². The zero-order valence-corrected chi connectivity index (χ0v) is 15.7. The number of rotatable bonds is 5. The Hall–Kier alpha value is -2.66. The van der Waals surface area contributed by atoms with Gasteiger partial charge in [-0.3, -0.25) is 4.79 Å². The number of halogens is 2. The van der Waals surface area contributed by atoms with E-state index >= 15 is 0 Å². The molecule has 0 aliphatic carbocycles. The van der Waals surface area contributed by atoms with Gasteiger partial charge < -0.3 is 5.11 Å². The van der Waals surface area contributed by atoms with Crippen molar-refractivity contribution < 1.29 is 9.90 Å². The second-order valence-corrected chi connectivity index (χ2v) is 6.63. The van der Waals surface area contributed by atoms with E-state index in [0.717, 1.165) is 0 Å². The van der Waals surface area contributed by atoms with Crippen LogP contribution in [0, 0.1) is 0 Å². The van der Waals surface area contributed by atoms with Crippen LogP contribution in [-0.2, 0) is 10.4 Å². The minimum absolute atomic E-state index is 0.386. The van der Waals surface area contributed by atoms with Crippen LogP contribution in [0.1, 0.15) is 16.7 Å². The average molecular weight is 399 g/mol. The van der Waals surface area contributed by atoms with Crippen molar-refractivity contribution in [2.24, 2.45) is 5.10 Å². The Labute approximate surface area is 167 Å². The van der Waals surface area contributed by atoms with Gasteiger partial charge in [0.1, 0.15) is 0 Å². The summed E-state index contributed by atoms with van der Waals surface area (Å²) >= 11 is 11.8. The largest absolute Gasteiger partial charge is 0.372 e. The smallest absolute Gasteiger partial charge is 0.281 e. The van der Waals surface area contributed by atoms with Crippen LogP contribution in [0.4, 0.5) is 0 Å². The highest BCUT2D eigenvalue weighted by molar-refractivity contribution is 6.42. The van der Waals surface area contributed by atoms with Crippen molar-refractivity contribution in [1.29, 1.82) is 0 Å². The second-order valence-electron chi connectivity index (χ2n) is 5.82. The monoisotopic (exact) mass is 398 g/mol. The second kappa shape index (κ2) is 8.35. The first-order valence-corrected chi connectivity index (χ1v) is 8.89. The van der Waals surface area contributed by atoms with Crippen molar-refractivity contribution in [2.75, 3.05) is 0 Å². The van der Waals surface area contributed by atoms with Crippen molar-refractivity contribution in [3.8, 4) is 0 Å². The predicted molar refractivity (Wildman–Crippen MR) is 108 cm³/mol. The molecule has 0 fully saturated rings. The quantitative estimate of drug-likeness (QED) is 0.494. The first-order valence-electron chi connectivity index (χ1n) is 8.14. The van der Waals surface area contributed by atoms with Gasteiger partial charge in [0.15, 0.2) is 5.60 Å². The first kappa shape index (κ1) is 19.1. The Balaban J connectivity index is 1.88. The summed E-state index contributed by atoms with van der Waals surface area (Å²) in [6.07, 6.45) is 1.43. The topological polar surface area (TPSA) is 61.7 Å². The number of hydrazone groups is 1. The molecule has 0 radical (unpaired) electrons. The Morgan fingerprint density at radius 2 is 1.44 bits per heavy atom. The fourth-order valence-electron chi connectivity index (χ4n) is 2.63. The fraction of sp³-hybridized carbons (Fsp3) is 0.0476. The zero-order valence-electron chi connectivity index (χ0n) is 14.1. The highest BCUT2D eigenvalue weighted by Crippen LogP contribution is 2.29. The first-order chi connectivity index (χ1) is 13.0. The number of nitrogens with zero attached hydrogens (tertiary/aromatic N) is 1. The summed E-state index contributed by atoms with van der Waals surface area (Å²) in [6.45, 7) is 0. The van der Waals surface area contributed by atoms with Crippen LogP contribution < -0.4 is 5.43 Å². The molecule has 0 aromatic heterocycles. The minimum atomic E-state index is -1.88. The third-order valence-electron chi connectivity index (χ3n) is 4.04. The lowest BCUT2D eigenvalue weighted by molar-refractivity contribution is -0.136. The Morgan fingerprint density at radius 3 is 1.96 bits per heavy atom. The van der Waals surface area contributed by atoms with Gasteiger partial charge in [-0.25, -0.2) is 5.43 Å². The molecule has 0 atom stereocenters. The molecule has 0 heterocycles. The van der Waals surface area contributed by atoms with Crippen LogP contribution >= 0.6 is 23.2 Å². The van der Waals surface area contributed by atoms with Crippen LogP contribution in [0.25, 0.3) is 0 Å². The summed E-state index contributed by atoms with van der Waals surface area (Å²) in [5, 5.41) is 16.0. The minimum Gasteiger partial charge on any atom is -0.372 e. The summed E-state index contributed by atoms with van der Waals surface area (Å²) in [5.74, 6) is -0.670. The molecule has 0 aliphatic rings. The van der Waals surface area contributed by atoms with Gasteiger partial charge in [-0.05, 0) is 28.8 Å². The number of hydrogen-bond donors (Lipinski definition) is 2. The maximum atomic E-state index is 12.9. The maximum Gasteiger partial charge on any atom is 0.281 e.